The Morgan fingerprint density at radius 1 is 1.06 bits per heavy atom. The molecule has 2 aromatic carbocycles. The Balaban J connectivity index is 1.60. The van der Waals surface area contributed by atoms with Crippen molar-refractivity contribution in [3.63, 3.8) is 0 Å². The van der Waals surface area contributed by atoms with E-state index < -0.39 is 0 Å². The number of fused-ring (bicyclic) bond motifs is 1. The lowest BCUT2D eigenvalue weighted by atomic mass is 9.96. The first kappa shape index (κ1) is 23.1. The lowest BCUT2D eigenvalue weighted by Gasteiger charge is -2.31. The van der Waals surface area contributed by atoms with Crippen molar-refractivity contribution in [1.29, 1.82) is 0 Å². The van der Waals surface area contributed by atoms with Crippen LogP contribution >= 0.6 is 11.6 Å². The van der Waals surface area contributed by atoms with Crippen molar-refractivity contribution in [3.05, 3.63) is 59.1 Å². The molecule has 1 aliphatic rings. The standard InChI is InChI=1S/C26H27ClN2O4/c1-3-32-24-16-23(18-6-5-7-20(27)14-18)28-22-9-8-19(15-21(22)24)25(30)29-12-10-17(11-13-29)26(31)33-4-2/h5-9,14-17H,3-4,10-13H2,1-2H3. The van der Waals surface area contributed by atoms with Gasteiger partial charge in [-0.05, 0) is 57.0 Å². The van der Waals surface area contributed by atoms with Crippen LogP contribution in [0.5, 0.6) is 5.75 Å². The van der Waals surface area contributed by atoms with Gasteiger partial charge in [-0.25, -0.2) is 4.98 Å². The maximum absolute atomic E-state index is 13.2. The van der Waals surface area contributed by atoms with Gasteiger partial charge in [-0.1, -0.05) is 23.7 Å². The Morgan fingerprint density at radius 2 is 1.85 bits per heavy atom. The number of amides is 1. The molecule has 1 fully saturated rings. The molecular weight excluding hydrogens is 440 g/mol. The molecular formula is C26H27ClN2O4. The van der Waals surface area contributed by atoms with Gasteiger partial charge in [0.15, 0.2) is 0 Å². The molecule has 0 spiro atoms. The van der Waals surface area contributed by atoms with Crippen LogP contribution in [-0.2, 0) is 9.53 Å². The highest BCUT2D eigenvalue weighted by Crippen LogP contribution is 2.32. The molecule has 0 radical (unpaired) electrons. The zero-order valence-corrected chi connectivity index (χ0v) is 19.6. The Bertz CT molecular complexity index is 1170. The number of pyridine rings is 1. The second kappa shape index (κ2) is 10.2. The molecule has 0 bridgehead atoms. The molecule has 172 valence electrons. The van der Waals surface area contributed by atoms with Crippen LogP contribution in [0.1, 0.15) is 37.0 Å². The molecule has 2 heterocycles. The third-order valence-electron chi connectivity index (χ3n) is 5.84. The Morgan fingerprint density at radius 3 is 2.55 bits per heavy atom. The Hall–Kier alpha value is -3.12. The lowest BCUT2D eigenvalue weighted by Crippen LogP contribution is -2.40. The van der Waals surface area contributed by atoms with E-state index in [2.05, 4.69) is 0 Å². The fourth-order valence-corrected chi connectivity index (χ4v) is 4.35. The number of hydrogen-bond donors (Lipinski definition) is 0. The number of nitrogens with zero attached hydrogens (tertiary/aromatic N) is 2. The summed E-state index contributed by atoms with van der Waals surface area (Å²) in [7, 11) is 0. The van der Waals surface area contributed by atoms with E-state index in [0.29, 0.717) is 55.5 Å². The quantitative estimate of drug-likeness (QED) is 0.457. The fraction of sp³-hybridized carbons (Fsp3) is 0.346. The van der Waals surface area contributed by atoms with Crippen molar-refractivity contribution < 1.29 is 19.1 Å². The van der Waals surface area contributed by atoms with Crippen LogP contribution in [0.4, 0.5) is 0 Å². The van der Waals surface area contributed by atoms with Crippen LogP contribution < -0.4 is 4.74 Å². The Kier molecular flexibility index (Phi) is 7.14. The van der Waals surface area contributed by atoms with Crippen molar-refractivity contribution in [3.8, 4) is 17.0 Å². The highest BCUT2D eigenvalue weighted by molar-refractivity contribution is 6.30. The number of aromatic nitrogens is 1. The molecule has 0 N–H and O–H groups in total. The zero-order valence-electron chi connectivity index (χ0n) is 18.8. The highest BCUT2D eigenvalue weighted by atomic mass is 35.5. The predicted molar refractivity (Wildman–Crippen MR) is 129 cm³/mol. The maximum atomic E-state index is 13.2. The van der Waals surface area contributed by atoms with E-state index >= 15 is 0 Å². The molecule has 7 heteroatoms. The summed E-state index contributed by atoms with van der Waals surface area (Å²) < 4.78 is 11.0. The average Bonchev–Trinajstić information content (AvgIpc) is 2.83. The van der Waals surface area contributed by atoms with Gasteiger partial charge in [-0.3, -0.25) is 9.59 Å². The van der Waals surface area contributed by atoms with E-state index in [0.717, 1.165) is 22.2 Å². The van der Waals surface area contributed by atoms with Crippen LogP contribution in [0.2, 0.25) is 5.02 Å². The number of rotatable bonds is 6. The summed E-state index contributed by atoms with van der Waals surface area (Å²) in [6.45, 7) is 5.67. The van der Waals surface area contributed by atoms with E-state index in [1.165, 1.54) is 0 Å². The molecule has 3 aromatic rings. The molecule has 0 unspecified atom stereocenters. The maximum Gasteiger partial charge on any atom is 0.309 e. The average molecular weight is 467 g/mol. The normalized spacial score (nSPS) is 14.3. The molecule has 1 amide bonds. The topological polar surface area (TPSA) is 68.7 Å². The summed E-state index contributed by atoms with van der Waals surface area (Å²) in [5.74, 6) is 0.316. The predicted octanol–water partition coefficient (Wildman–Crippen LogP) is 5.37. The van der Waals surface area contributed by atoms with Crippen LogP contribution in [0.15, 0.2) is 48.5 Å². The number of esters is 1. The minimum absolute atomic E-state index is 0.0550. The number of carbonyl (C=O) groups excluding carboxylic acids is 2. The fourth-order valence-electron chi connectivity index (χ4n) is 4.16. The van der Waals surface area contributed by atoms with Gasteiger partial charge < -0.3 is 14.4 Å². The Labute approximate surface area is 198 Å². The number of benzene rings is 2. The summed E-state index contributed by atoms with van der Waals surface area (Å²) in [6, 6.07) is 14.9. The van der Waals surface area contributed by atoms with E-state index in [1.54, 1.807) is 17.9 Å². The lowest BCUT2D eigenvalue weighted by molar-refractivity contribution is -0.149. The van der Waals surface area contributed by atoms with Crippen molar-refractivity contribution in [2.45, 2.75) is 26.7 Å². The van der Waals surface area contributed by atoms with Gasteiger partial charge in [0.05, 0.1) is 30.3 Å². The SMILES string of the molecule is CCOC(=O)C1CCN(C(=O)c2ccc3nc(-c4cccc(Cl)c4)cc(OCC)c3c2)CC1. The number of hydrogen-bond acceptors (Lipinski definition) is 5. The van der Waals surface area contributed by atoms with Crippen molar-refractivity contribution >= 4 is 34.4 Å². The summed E-state index contributed by atoms with van der Waals surface area (Å²) in [6.07, 6.45) is 1.24. The molecule has 4 rings (SSSR count). The number of piperidine rings is 1. The van der Waals surface area contributed by atoms with Crippen LogP contribution in [-0.4, -0.2) is 48.1 Å². The second-order valence-electron chi connectivity index (χ2n) is 8.00. The van der Waals surface area contributed by atoms with Crippen LogP contribution in [0.3, 0.4) is 0 Å². The molecule has 1 aliphatic heterocycles. The number of ether oxygens (including phenoxy) is 2. The third kappa shape index (κ3) is 5.11. The third-order valence-corrected chi connectivity index (χ3v) is 6.08. The molecule has 33 heavy (non-hydrogen) atoms. The molecule has 0 saturated carbocycles. The van der Waals surface area contributed by atoms with Crippen molar-refractivity contribution in [2.24, 2.45) is 5.92 Å². The highest BCUT2D eigenvalue weighted by Gasteiger charge is 2.28. The number of likely N-dealkylation sites (tertiary alicyclic amines) is 1. The summed E-state index contributed by atoms with van der Waals surface area (Å²) in [5, 5.41) is 1.43. The van der Waals surface area contributed by atoms with E-state index in [9.17, 15) is 9.59 Å². The number of carbonyl (C=O) groups is 2. The van der Waals surface area contributed by atoms with Crippen LogP contribution in [0, 0.1) is 5.92 Å². The second-order valence-corrected chi connectivity index (χ2v) is 8.44. The minimum atomic E-state index is -0.168. The summed E-state index contributed by atoms with van der Waals surface area (Å²) in [5.41, 5.74) is 2.98. The van der Waals surface area contributed by atoms with E-state index in [1.807, 2.05) is 49.4 Å². The monoisotopic (exact) mass is 466 g/mol. The van der Waals surface area contributed by atoms with Crippen molar-refractivity contribution in [1.82, 2.24) is 9.88 Å². The minimum Gasteiger partial charge on any atom is -0.493 e. The summed E-state index contributed by atoms with van der Waals surface area (Å²) in [4.78, 5) is 31.7. The van der Waals surface area contributed by atoms with Gasteiger partial charge in [-0.15, -0.1) is 0 Å². The summed E-state index contributed by atoms with van der Waals surface area (Å²) >= 11 is 6.16. The first-order chi connectivity index (χ1) is 16.0. The molecule has 6 nitrogen and oxygen atoms in total. The zero-order chi connectivity index (χ0) is 23.4. The van der Waals surface area contributed by atoms with Gasteiger partial charge in [0, 0.05) is 40.7 Å². The largest absolute Gasteiger partial charge is 0.493 e. The first-order valence-corrected chi connectivity index (χ1v) is 11.7. The molecule has 1 saturated heterocycles. The van der Waals surface area contributed by atoms with Crippen molar-refractivity contribution in [2.75, 3.05) is 26.3 Å². The van der Waals surface area contributed by atoms with Gasteiger partial charge in [0.1, 0.15) is 5.75 Å². The first-order valence-electron chi connectivity index (χ1n) is 11.3. The molecule has 0 atom stereocenters. The molecule has 1 aromatic heterocycles. The van der Waals surface area contributed by atoms with Gasteiger partial charge in [-0.2, -0.15) is 0 Å². The van der Waals surface area contributed by atoms with E-state index in [-0.39, 0.29) is 17.8 Å². The number of halogens is 1. The smallest absolute Gasteiger partial charge is 0.309 e. The van der Waals surface area contributed by atoms with E-state index in [4.69, 9.17) is 26.1 Å². The van der Waals surface area contributed by atoms with Gasteiger partial charge in [0.25, 0.3) is 5.91 Å². The van der Waals surface area contributed by atoms with Gasteiger partial charge in [0.2, 0.25) is 0 Å². The van der Waals surface area contributed by atoms with Crippen LogP contribution in [0.25, 0.3) is 22.2 Å². The molecule has 0 aliphatic carbocycles. The van der Waals surface area contributed by atoms with Gasteiger partial charge >= 0.3 is 5.97 Å².